The van der Waals surface area contributed by atoms with E-state index in [1.807, 2.05) is 0 Å². The van der Waals surface area contributed by atoms with E-state index >= 15 is 0 Å². The summed E-state index contributed by atoms with van der Waals surface area (Å²) in [6.07, 6.45) is 0.690. The predicted molar refractivity (Wildman–Crippen MR) is 88.5 cm³/mol. The quantitative estimate of drug-likeness (QED) is 0.736. The molecule has 1 saturated heterocycles. The van der Waals surface area contributed by atoms with Crippen molar-refractivity contribution in [2.75, 3.05) is 32.7 Å². The molecule has 0 spiro atoms. The second-order valence-corrected chi connectivity index (χ2v) is 7.76. The summed E-state index contributed by atoms with van der Waals surface area (Å²) < 4.78 is 26.7. The molecule has 2 rings (SSSR count). The van der Waals surface area contributed by atoms with Gasteiger partial charge in [0.1, 0.15) is 0 Å². The lowest BCUT2D eigenvalue weighted by Crippen LogP contribution is -2.48. The molecule has 0 saturated carbocycles. The van der Waals surface area contributed by atoms with Crippen molar-refractivity contribution in [2.24, 2.45) is 0 Å². The summed E-state index contributed by atoms with van der Waals surface area (Å²) in [5, 5.41) is 8.64. The number of aliphatic carboxylic acids is 1. The van der Waals surface area contributed by atoms with Gasteiger partial charge in [-0.15, -0.1) is 0 Å². The van der Waals surface area contributed by atoms with Gasteiger partial charge in [-0.05, 0) is 32.0 Å². The van der Waals surface area contributed by atoms with Crippen LogP contribution >= 0.6 is 0 Å². The van der Waals surface area contributed by atoms with Crippen molar-refractivity contribution in [3.8, 4) is 0 Å². The minimum absolute atomic E-state index is 0.103. The Morgan fingerprint density at radius 1 is 1.08 bits per heavy atom. The fourth-order valence-electron chi connectivity index (χ4n) is 2.66. The number of carboxylic acid groups (broad SMARTS) is 1. The van der Waals surface area contributed by atoms with Crippen LogP contribution in [0.15, 0.2) is 29.2 Å². The van der Waals surface area contributed by atoms with E-state index in [2.05, 4.69) is 4.90 Å². The largest absolute Gasteiger partial charge is 0.481 e. The fourth-order valence-corrected chi connectivity index (χ4v) is 4.08. The summed E-state index contributed by atoms with van der Waals surface area (Å²) in [5.41, 5.74) is 0.484. The van der Waals surface area contributed by atoms with Crippen molar-refractivity contribution in [3.05, 3.63) is 29.8 Å². The zero-order valence-corrected chi connectivity index (χ0v) is 14.5. The number of carbonyl (C=O) groups is 2. The van der Waals surface area contributed by atoms with E-state index in [1.165, 1.54) is 35.5 Å². The standard InChI is InChI=1S/C16H22N2O5S/c1-13(19)14-4-6-15(7-5-14)24(22,23)18-11-9-17(10-12-18)8-2-3-16(20)21/h4-7H,2-3,8-12H2,1H3,(H,20,21). The van der Waals surface area contributed by atoms with Crippen LogP contribution in [0.1, 0.15) is 30.1 Å². The zero-order chi connectivity index (χ0) is 17.7. The summed E-state index contributed by atoms with van der Waals surface area (Å²) >= 11 is 0. The highest BCUT2D eigenvalue weighted by molar-refractivity contribution is 7.89. The smallest absolute Gasteiger partial charge is 0.303 e. The average molecular weight is 354 g/mol. The Morgan fingerprint density at radius 3 is 2.17 bits per heavy atom. The number of Topliss-reactive ketones (excluding diaryl/α,β-unsaturated/α-hetero) is 1. The molecule has 0 amide bonds. The minimum atomic E-state index is -3.56. The predicted octanol–water partition coefficient (Wildman–Crippen LogP) is 1.06. The van der Waals surface area contributed by atoms with Gasteiger partial charge in [0.15, 0.2) is 5.78 Å². The van der Waals surface area contributed by atoms with Crippen LogP contribution in [0, 0.1) is 0 Å². The molecule has 132 valence electrons. The molecular formula is C16H22N2O5S. The van der Waals surface area contributed by atoms with E-state index in [-0.39, 0.29) is 17.1 Å². The minimum Gasteiger partial charge on any atom is -0.481 e. The maximum absolute atomic E-state index is 12.6. The van der Waals surface area contributed by atoms with Crippen LogP contribution in [0.25, 0.3) is 0 Å². The van der Waals surface area contributed by atoms with Gasteiger partial charge in [0, 0.05) is 38.2 Å². The third-order valence-electron chi connectivity index (χ3n) is 4.09. The van der Waals surface area contributed by atoms with Gasteiger partial charge in [0.2, 0.25) is 10.0 Å². The van der Waals surface area contributed by atoms with Gasteiger partial charge in [0.25, 0.3) is 0 Å². The number of carbonyl (C=O) groups excluding carboxylic acids is 1. The van der Waals surface area contributed by atoms with Crippen LogP contribution < -0.4 is 0 Å². The summed E-state index contributed by atoms with van der Waals surface area (Å²) in [7, 11) is -3.56. The lowest BCUT2D eigenvalue weighted by Gasteiger charge is -2.33. The number of carboxylic acids is 1. The zero-order valence-electron chi connectivity index (χ0n) is 13.6. The maximum Gasteiger partial charge on any atom is 0.303 e. The van der Waals surface area contributed by atoms with Gasteiger partial charge >= 0.3 is 5.97 Å². The van der Waals surface area contributed by atoms with Crippen LogP contribution in [0.2, 0.25) is 0 Å². The average Bonchev–Trinajstić information content (AvgIpc) is 2.55. The topological polar surface area (TPSA) is 95.0 Å². The van der Waals surface area contributed by atoms with Crippen molar-refractivity contribution in [3.63, 3.8) is 0 Å². The first-order valence-electron chi connectivity index (χ1n) is 7.86. The molecule has 1 N–H and O–H groups in total. The van der Waals surface area contributed by atoms with Gasteiger partial charge in [-0.1, -0.05) is 12.1 Å². The molecule has 0 bridgehead atoms. The lowest BCUT2D eigenvalue weighted by atomic mass is 10.2. The number of nitrogens with zero attached hydrogens (tertiary/aromatic N) is 2. The Bertz CT molecular complexity index is 692. The third kappa shape index (κ3) is 4.62. The maximum atomic E-state index is 12.6. The number of ketones is 1. The van der Waals surface area contributed by atoms with E-state index in [0.717, 1.165) is 0 Å². The van der Waals surface area contributed by atoms with E-state index in [4.69, 9.17) is 5.11 Å². The Morgan fingerprint density at radius 2 is 1.67 bits per heavy atom. The van der Waals surface area contributed by atoms with Gasteiger partial charge in [-0.3, -0.25) is 9.59 Å². The SMILES string of the molecule is CC(=O)c1ccc(S(=O)(=O)N2CCN(CCCC(=O)O)CC2)cc1. The summed E-state index contributed by atoms with van der Waals surface area (Å²) in [4.78, 5) is 24.1. The highest BCUT2D eigenvalue weighted by atomic mass is 32.2. The molecule has 24 heavy (non-hydrogen) atoms. The molecule has 1 aromatic carbocycles. The number of piperazine rings is 1. The molecule has 0 radical (unpaired) electrons. The highest BCUT2D eigenvalue weighted by Gasteiger charge is 2.28. The van der Waals surface area contributed by atoms with Crippen molar-refractivity contribution in [2.45, 2.75) is 24.7 Å². The molecule has 7 nitrogen and oxygen atoms in total. The highest BCUT2D eigenvalue weighted by Crippen LogP contribution is 2.18. The van der Waals surface area contributed by atoms with Crippen molar-refractivity contribution >= 4 is 21.8 Å². The molecule has 1 aliphatic heterocycles. The van der Waals surface area contributed by atoms with Crippen LogP contribution in [-0.2, 0) is 14.8 Å². The van der Waals surface area contributed by atoms with Crippen LogP contribution in [0.3, 0.4) is 0 Å². The number of hydrogen-bond donors (Lipinski definition) is 1. The number of hydrogen-bond acceptors (Lipinski definition) is 5. The summed E-state index contributed by atoms with van der Waals surface area (Å²) in [5.74, 6) is -0.917. The van der Waals surface area contributed by atoms with E-state index in [1.54, 1.807) is 0 Å². The molecule has 1 heterocycles. The number of benzene rings is 1. The van der Waals surface area contributed by atoms with Gasteiger partial charge in [0.05, 0.1) is 4.90 Å². The Balaban J connectivity index is 1.94. The lowest BCUT2D eigenvalue weighted by molar-refractivity contribution is -0.137. The van der Waals surface area contributed by atoms with Gasteiger partial charge in [-0.2, -0.15) is 4.31 Å². The molecule has 0 aromatic heterocycles. The summed E-state index contributed by atoms with van der Waals surface area (Å²) in [6.45, 7) is 4.03. The monoisotopic (exact) mass is 354 g/mol. The first-order chi connectivity index (χ1) is 11.3. The molecule has 0 unspecified atom stereocenters. The second kappa shape index (κ2) is 7.87. The van der Waals surface area contributed by atoms with E-state index in [9.17, 15) is 18.0 Å². The molecule has 1 aromatic rings. The van der Waals surface area contributed by atoms with Gasteiger partial charge < -0.3 is 10.0 Å². The molecule has 0 atom stereocenters. The van der Waals surface area contributed by atoms with E-state index < -0.39 is 16.0 Å². The first-order valence-corrected chi connectivity index (χ1v) is 9.30. The first kappa shape index (κ1) is 18.6. The third-order valence-corrected chi connectivity index (χ3v) is 6.01. The van der Waals surface area contributed by atoms with Crippen LogP contribution in [0.4, 0.5) is 0 Å². The molecular weight excluding hydrogens is 332 g/mol. The fraction of sp³-hybridized carbons (Fsp3) is 0.500. The van der Waals surface area contributed by atoms with Crippen LogP contribution in [-0.4, -0.2) is 67.2 Å². The van der Waals surface area contributed by atoms with Gasteiger partial charge in [-0.25, -0.2) is 8.42 Å². The Labute approximate surface area is 141 Å². The number of sulfonamides is 1. The summed E-state index contributed by atoms with van der Waals surface area (Å²) in [6, 6.07) is 5.98. The molecule has 1 fully saturated rings. The van der Waals surface area contributed by atoms with E-state index in [0.29, 0.717) is 44.7 Å². The molecule has 0 aliphatic carbocycles. The Kier molecular flexibility index (Phi) is 6.09. The normalized spacial score (nSPS) is 16.9. The molecule has 8 heteroatoms. The van der Waals surface area contributed by atoms with Crippen LogP contribution in [0.5, 0.6) is 0 Å². The Hall–Kier alpha value is -1.77. The molecule has 1 aliphatic rings. The number of rotatable bonds is 7. The van der Waals surface area contributed by atoms with Crippen molar-refractivity contribution in [1.82, 2.24) is 9.21 Å². The van der Waals surface area contributed by atoms with Crippen molar-refractivity contribution < 1.29 is 23.1 Å². The van der Waals surface area contributed by atoms with Crippen molar-refractivity contribution in [1.29, 1.82) is 0 Å². The second-order valence-electron chi connectivity index (χ2n) is 5.82.